The van der Waals surface area contributed by atoms with Crippen molar-refractivity contribution in [2.75, 3.05) is 18.5 Å². The number of ether oxygens (including phenoxy) is 1. The predicted molar refractivity (Wildman–Crippen MR) is 157 cm³/mol. The van der Waals surface area contributed by atoms with Crippen molar-refractivity contribution in [2.24, 2.45) is 10.9 Å². The molecule has 2 aromatic rings. The number of rotatable bonds is 6. The molecule has 1 aromatic heterocycles. The molecule has 0 saturated heterocycles. The Morgan fingerprint density at radius 3 is 2.46 bits per heavy atom. The van der Waals surface area contributed by atoms with Gasteiger partial charge in [0.25, 0.3) is 0 Å². The Kier molecular flexibility index (Phi) is 8.45. The van der Waals surface area contributed by atoms with Crippen molar-refractivity contribution < 1.29 is 14.0 Å². The van der Waals surface area contributed by atoms with Gasteiger partial charge >= 0.3 is 6.09 Å². The van der Waals surface area contributed by atoms with Crippen LogP contribution in [0, 0.1) is 23.8 Å². The molecule has 9 nitrogen and oxygen atoms in total. The highest BCUT2D eigenvalue weighted by Crippen LogP contribution is 2.41. The van der Waals surface area contributed by atoms with Crippen LogP contribution in [0.5, 0.6) is 0 Å². The first kappa shape index (κ1) is 30.1. The monoisotopic (exact) mass is 548 g/mol. The van der Waals surface area contributed by atoms with Gasteiger partial charge in [0, 0.05) is 29.3 Å². The third kappa shape index (κ3) is 6.40. The van der Waals surface area contributed by atoms with Crippen molar-refractivity contribution in [3.63, 3.8) is 0 Å². The first-order valence-electron chi connectivity index (χ1n) is 13.2. The second kappa shape index (κ2) is 11.0. The zero-order chi connectivity index (χ0) is 29.3. The Balaban J connectivity index is 2.04. The molecule has 1 aliphatic rings. The van der Waals surface area contributed by atoms with E-state index in [-0.39, 0.29) is 5.04 Å². The molecule has 1 aromatic carbocycles. The Morgan fingerprint density at radius 1 is 1.23 bits per heavy atom. The molecule has 2 atom stereocenters. The molecule has 0 fully saturated rings. The number of hydrogen-bond acceptors (Lipinski definition) is 7. The molecule has 10 heteroatoms. The first-order valence-corrected chi connectivity index (χ1v) is 16.1. The van der Waals surface area contributed by atoms with Crippen LogP contribution in [-0.2, 0) is 9.16 Å². The molecule has 1 N–H and O–H groups in total. The molecule has 1 aliphatic heterocycles. The van der Waals surface area contributed by atoms with Crippen molar-refractivity contribution in [3.8, 4) is 6.07 Å². The van der Waals surface area contributed by atoms with E-state index in [1.54, 1.807) is 13.0 Å². The minimum absolute atomic E-state index is 0.0951. The summed E-state index contributed by atoms with van der Waals surface area (Å²) in [6.45, 7) is 28.8. The third-order valence-electron chi connectivity index (χ3n) is 7.35. The maximum absolute atomic E-state index is 13.1. The van der Waals surface area contributed by atoms with Gasteiger partial charge in [-0.05, 0) is 70.4 Å². The number of anilines is 1. The van der Waals surface area contributed by atoms with Crippen LogP contribution in [0.1, 0.15) is 66.9 Å². The number of allylic oxidation sites excluding steroid dienone is 2. The van der Waals surface area contributed by atoms with Crippen LogP contribution < -0.4 is 5.32 Å². The van der Waals surface area contributed by atoms with Crippen molar-refractivity contribution in [1.82, 2.24) is 9.78 Å². The van der Waals surface area contributed by atoms with Gasteiger partial charge in [0.1, 0.15) is 5.60 Å². The lowest BCUT2D eigenvalue weighted by atomic mass is 9.79. The van der Waals surface area contributed by atoms with E-state index in [4.69, 9.17) is 15.7 Å². The van der Waals surface area contributed by atoms with Crippen molar-refractivity contribution in [2.45, 2.75) is 85.0 Å². The highest BCUT2D eigenvalue weighted by atomic mass is 28.4. The smallest absolute Gasteiger partial charge is 0.435 e. The fourth-order valence-corrected chi connectivity index (χ4v) is 5.33. The molecule has 0 aliphatic carbocycles. The molecular weight excluding hydrogens is 508 g/mol. The van der Waals surface area contributed by atoms with Crippen LogP contribution in [0.3, 0.4) is 0 Å². The summed E-state index contributed by atoms with van der Waals surface area (Å²) in [5, 5.41) is 18.7. The minimum atomic E-state index is -1.92. The van der Waals surface area contributed by atoms with Gasteiger partial charge in [0.15, 0.2) is 19.8 Å². The van der Waals surface area contributed by atoms with Gasteiger partial charge in [-0.2, -0.15) is 9.94 Å². The molecule has 0 spiro atoms. The van der Waals surface area contributed by atoms with E-state index in [2.05, 4.69) is 60.2 Å². The maximum atomic E-state index is 13.1. The zero-order valence-electron chi connectivity index (χ0n) is 24.8. The number of nitriles is 1. The number of benzene rings is 1. The van der Waals surface area contributed by atoms with Crippen LogP contribution in [0.2, 0.25) is 18.1 Å². The summed E-state index contributed by atoms with van der Waals surface area (Å²) in [5.74, 6) is -0.518. The SMILES string of the molecule is [C-]#[N+]C1=C(C)N=C(C)C(C#N)C1c1ccc2c(c1)c(NCCO[Si](C)(C)C(C)(C)C)nn2C(=O)OC(C)(C)C. The summed E-state index contributed by atoms with van der Waals surface area (Å²) < 4.78 is 13.2. The Hall–Kier alpha value is -3.47. The summed E-state index contributed by atoms with van der Waals surface area (Å²) in [5.41, 5.74) is 2.41. The van der Waals surface area contributed by atoms with Crippen LogP contribution in [-0.4, -0.2) is 48.7 Å². The van der Waals surface area contributed by atoms with Gasteiger partial charge in [-0.15, -0.1) is 5.10 Å². The van der Waals surface area contributed by atoms with E-state index in [0.29, 0.717) is 47.0 Å². The molecule has 39 heavy (non-hydrogen) atoms. The van der Waals surface area contributed by atoms with Crippen LogP contribution in [0.4, 0.5) is 10.6 Å². The fourth-order valence-electron chi connectivity index (χ4n) is 4.28. The van der Waals surface area contributed by atoms with Gasteiger partial charge < -0.3 is 14.5 Å². The molecule has 2 heterocycles. The highest BCUT2D eigenvalue weighted by molar-refractivity contribution is 6.74. The summed E-state index contributed by atoms with van der Waals surface area (Å²) >= 11 is 0. The average molecular weight is 549 g/mol. The number of nitrogens with one attached hydrogen (secondary N) is 1. The van der Waals surface area contributed by atoms with Crippen molar-refractivity contribution >= 4 is 36.8 Å². The van der Waals surface area contributed by atoms with E-state index >= 15 is 0 Å². The number of nitrogens with zero attached hydrogens (tertiary/aromatic N) is 5. The van der Waals surface area contributed by atoms with Gasteiger partial charge in [-0.3, -0.25) is 4.99 Å². The van der Waals surface area contributed by atoms with E-state index in [9.17, 15) is 10.1 Å². The van der Waals surface area contributed by atoms with Crippen LogP contribution >= 0.6 is 0 Å². The molecule has 3 rings (SSSR count). The molecule has 0 radical (unpaired) electrons. The third-order valence-corrected chi connectivity index (χ3v) is 11.9. The summed E-state index contributed by atoms with van der Waals surface area (Å²) in [4.78, 5) is 21.3. The average Bonchev–Trinajstić information content (AvgIpc) is 3.17. The largest absolute Gasteiger partial charge is 0.442 e. The number of aliphatic imine (C=N–C) groups is 1. The lowest BCUT2D eigenvalue weighted by Gasteiger charge is -2.36. The summed E-state index contributed by atoms with van der Waals surface area (Å²) in [6, 6.07) is 7.89. The Labute approximate surface area is 232 Å². The second-order valence-electron chi connectivity index (χ2n) is 12.5. The zero-order valence-corrected chi connectivity index (χ0v) is 25.8. The van der Waals surface area contributed by atoms with Crippen LogP contribution in [0.15, 0.2) is 34.6 Å². The predicted octanol–water partition coefficient (Wildman–Crippen LogP) is 7.10. The lowest BCUT2D eigenvalue weighted by Crippen LogP contribution is -2.41. The standard InChI is InChI=1S/C29H40N6O3Si/c1-18-22(17-30)24(25(31-9)19(2)33-18)20-12-13-23-21(16-20)26(34-35(23)27(36)38-28(3,4)5)32-14-15-37-39(10,11)29(6,7)8/h12-13,16,22,24H,14-15H2,1-8,10-11H3,(H,32,34). The van der Waals surface area contributed by atoms with Gasteiger partial charge in [-0.1, -0.05) is 26.8 Å². The normalized spacial score (nSPS) is 18.4. The Morgan fingerprint density at radius 2 is 1.90 bits per heavy atom. The topological polar surface area (TPSA) is 106 Å². The van der Waals surface area contributed by atoms with Gasteiger partial charge in [-0.25, -0.2) is 9.64 Å². The molecule has 2 unspecified atom stereocenters. The van der Waals surface area contributed by atoms with E-state index in [0.717, 1.165) is 5.56 Å². The quantitative estimate of drug-likeness (QED) is 0.234. The van der Waals surface area contributed by atoms with E-state index in [1.807, 2.05) is 39.8 Å². The number of aromatic nitrogens is 2. The molecule has 0 saturated carbocycles. The highest BCUT2D eigenvalue weighted by Gasteiger charge is 2.37. The summed E-state index contributed by atoms with van der Waals surface area (Å²) in [7, 11) is -1.92. The number of carbonyl (C=O) groups excluding carboxylic acids is 1. The van der Waals surface area contributed by atoms with Crippen molar-refractivity contribution in [3.05, 3.63) is 46.6 Å². The molecule has 0 amide bonds. The summed E-state index contributed by atoms with van der Waals surface area (Å²) in [6.07, 6.45) is -0.584. The molecule has 0 bridgehead atoms. The van der Waals surface area contributed by atoms with Crippen LogP contribution in [0.25, 0.3) is 15.7 Å². The Bertz CT molecular complexity index is 1410. The van der Waals surface area contributed by atoms with Gasteiger partial charge in [0.05, 0.1) is 30.7 Å². The van der Waals surface area contributed by atoms with Crippen molar-refractivity contribution in [1.29, 1.82) is 5.26 Å². The first-order chi connectivity index (χ1) is 18.0. The number of carbonyl (C=O) groups is 1. The lowest BCUT2D eigenvalue weighted by molar-refractivity contribution is 0.0523. The van der Waals surface area contributed by atoms with Gasteiger partial charge in [0.2, 0.25) is 0 Å². The number of hydrogen-bond donors (Lipinski definition) is 1. The number of fused-ring (bicyclic) bond motifs is 1. The maximum Gasteiger partial charge on any atom is 0.435 e. The molecule has 208 valence electrons. The molecular formula is C29H40N6O3Si. The fraction of sp³-hybridized carbons (Fsp3) is 0.552. The second-order valence-corrected chi connectivity index (χ2v) is 17.3. The van der Waals surface area contributed by atoms with E-state index in [1.165, 1.54) is 4.68 Å². The minimum Gasteiger partial charge on any atom is -0.442 e. The van der Waals surface area contributed by atoms with E-state index < -0.39 is 31.8 Å².